The number of benzene rings is 2. The van der Waals surface area contributed by atoms with Gasteiger partial charge in [-0.15, -0.1) is 0 Å². The van der Waals surface area contributed by atoms with Gasteiger partial charge in [0.1, 0.15) is 0 Å². The van der Waals surface area contributed by atoms with E-state index < -0.39 is 35.7 Å². The number of amides is 4. The summed E-state index contributed by atoms with van der Waals surface area (Å²) in [4.78, 5) is 58.5. The maximum Gasteiger partial charge on any atom is 0.416 e. The van der Waals surface area contributed by atoms with Gasteiger partial charge in [0.2, 0.25) is 5.91 Å². The van der Waals surface area contributed by atoms with E-state index in [1.165, 1.54) is 51.2 Å². The number of likely N-dealkylation sites (N-methyl/N-ethyl adjacent to an activating group) is 2. The van der Waals surface area contributed by atoms with Gasteiger partial charge in [0, 0.05) is 45.4 Å². The Kier molecular flexibility index (Phi) is 9.03. The van der Waals surface area contributed by atoms with Gasteiger partial charge in [0.05, 0.1) is 47.1 Å². The molecule has 0 bridgehead atoms. The molecule has 232 valence electrons. The Hall–Kier alpha value is -4.86. The lowest BCUT2D eigenvalue weighted by Gasteiger charge is -2.41. The van der Waals surface area contributed by atoms with Crippen molar-refractivity contribution in [2.45, 2.75) is 45.5 Å². The van der Waals surface area contributed by atoms with E-state index in [9.17, 15) is 37.6 Å². The zero-order valence-corrected chi connectivity index (χ0v) is 24.9. The number of carbonyl (C=O) groups excluding carboxylic acids is 4. The van der Waals surface area contributed by atoms with E-state index in [1.54, 1.807) is 23.8 Å². The number of allylic oxidation sites excluding steroid dienone is 1. The van der Waals surface area contributed by atoms with Gasteiger partial charge >= 0.3 is 18.2 Å². The van der Waals surface area contributed by atoms with Crippen molar-refractivity contribution in [3.05, 3.63) is 76.0 Å². The van der Waals surface area contributed by atoms with Crippen LogP contribution in [0, 0.1) is 11.3 Å². The second-order valence-electron chi connectivity index (χ2n) is 10.6. The molecule has 1 saturated heterocycles. The number of ether oxygens (including phenoxy) is 1. The van der Waals surface area contributed by atoms with E-state index in [0.717, 1.165) is 21.9 Å². The first-order chi connectivity index (χ1) is 20.7. The number of likely N-dealkylation sites (tertiary alicyclic amines) is 1. The van der Waals surface area contributed by atoms with Gasteiger partial charge in [-0.2, -0.15) is 18.4 Å². The summed E-state index contributed by atoms with van der Waals surface area (Å²) in [6, 6.07) is 8.39. The lowest BCUT2D eigenvalue weighted by atomic mass is 9.88. The Labute approximate surface area is 252 Å². The molecule has 2 heterocycles. The van der Waals surface area contributed by atoms with Gasteiger partial charge in [0.25, 0.3) is 5.91 Å². The van der Waals surface area contributed by atoms with Crippen LogP contribution in [0.1, 0.15) is 60.3 Å². The van der Waals surface area contributed by atoms with Crippen molar-refractivity contribution in [3.63, 3.8) is 0 Å². The number of anilines is 1. The highest BCUT2D eigenvalue weighted by Crippen LogP contribution is 2.42. The third-order valence-corrected chi connectivity index (χ3v) is 8.01. The molecule has 13 heteroatoms. The number of rotatable bonds is 6. The van der Waals surface area contributed by atoms with Crippen molar-refractivity contribution in [3.8, 4) is 6.07 Å². The summed E-state index contributed by atoms with van der Waals surface area (Å²) in [6.45, 7) is 5.00. The quantitative estimate of drug-likeness (QED) is 0.437. The Bertz CT molecular complexity index is 1580. The maximum atomic E-state index is 14.0. The Morgan fingerprint density at radius 1 is 1.16 bits per heavy atom. The molecule has 0 aliphatic carbocycles. The van der Waals surface area contributed by atoms with Crippen molar-refractivity contribution in [1.82, 2.24) is 14.7 Å². The van der Waals surface area contributed by atoms with Crippen LogP contribution in [0.5, 0.6) is 0 Å². The first-order valence-corrected chi connectivity index (χ1v) is 13.9. The average Bonchev–Trinajstić information content (AvgIpc) is 3.48. The fourth-order valence-electron chi connectivity index (χ4n) is 5.60. The van der Waals surface area contributed by atoms with Crippen molar-refractivity contribution < 1.29 is 37.1 Å². The molecule has 2 atom stereocenters. The molecule has 1 unspecified atom stereocenters. The van der Waals surface area contributed by atoms with Crippen LogP contribution >= 0.6 is 0 Å². The molecule has 0 aromatic heterocycles. The summed E-state index contributed by atoms with van der Waals surface area (Å²) in [5.74, 6) is -1.43. The lowest BCUT2D eigenvalue weighted by Crippen LogP contribution is -2.49. The van der Waals surface area contributed by atoms with Crippen LogP contribution in [0.4, 0.5) is 23.7 Å². The molecular weight excluding hydrogens is 579 g/mol. The van der Waals surface area contributed by atoms with Crippen LogP contribution in [0.2, 0.25) is 0 Å². The summed E-state index contributed by atoms with van der Waals surface area (Å²) >= 11 is 0. The van der Waals surface area contributed by atoms with E-state index in [-0.39, 0.29) is 58.7 Å². The monoisotopic (exact) mass is 611 g/mol. The number of nitriles is 1. The second-order valence-corrected chi connectivity index (χ2v) is 10.6. The lowest BCUT2D eigenvalue weighted by molar-refractivity contribution is -0.139. The molecule has 2 aliphatic rings. The van der Waals surface area contributed by atoms with E-state index >= 15 is 0 Å². The molecule has 2 aliphatic heterocycles. The molecule has 0 spiro atoms. The number of urea groups is 1. The molecule has 0 N–H and O–H groups in total. The topological polar surface area (TPSA) is 114 Å². The number of nitrogens with zero attached hydrogens (tertiary/aromatic N) is 5. The van der Waals surface area contributed by atoms with Crippen LogP contribution in [-0.2, 0) is 20.5 Å². The molecule has 4 rings (SSSR count). The zero-order chi connectivity index (χ0) is 32.5. The minimum absolute atomic E-state index is 0.0262. The van der Waals surface area contributed by atoms with Gasteiger partial charge in [-0.05, 0) is 56.2 Å². The molecule has 4 amide bonds. The fraction of sp³-hybridized carbons (Fsp3) is 0.387. The predicted molar refractivity (Wildman–Crippen MR) is 153 cm³/mol. The first kappa shape index (κ1) is 32.1. The number of carbonyl (C=O) groups is 4. The molecule has 44 heavy (non-hydrogen) atoms. The highest BCUT2D eigenvalue weighted by molar-refractivity contribution is 6.04. The molecule has 2 aromatic rings. The highest BCUT2D eigenvalue weighted by Gasteiger charge is 2.44. The van der Waals surface area contributed by atoms with Crippen LogP contribution < -0.4 is 4.90 Å². The minimum atomic E-state index is -4.67. The number of alkyl halides is 3. The number of hydrogen-bond donors (Lipinski definition) is 0. The Balaban J connectivity index is 1.86. The standard InChI is InChI=1S/C31H32F3N5O5/c1-6-44-29(42)26-18(2)39(22-9-7-8-21(15-22)31(32,33)34)30(43)37(5)27(26)24-11-10-20(16-35)14-25(24)28(41)38-13-12-23(17-38)36(4)19(3)40/h7-11,14-15,23,27H,6,12-13,17H2,1-5H3/t23-,27?/m0/s1. The minimum Gasteiger partial charge on any atom is -0.463 e. The third-order valence-electron chi connectivity index (χ3n) is 8.01. The summed E-state index contributed by atoms with van der Waals surface area (Å²) < 4.78 is 45.9. The molecule has 0 radical (unpaired) electrons. The van der Waals surface area contributed by atoms with E-state index in [1.807, 2.05) is 6.07 Å². The van der Waals surface area contributed by atoms with Crippen molar-refractivity contribution >= 4 is 29.5 Å². The largest absolute Gasteiger partial charge is 0.463 e. The van der Waals surface area contributed by atoms with Crippen LogP contribution in [0.25, 0.3) is 0 Å². The second kappa shape index (κ2) is 12.4. The summed E-state index contributed by atoms with van der Waals surface area (Å²) in [7, 11) is 3.03. The SMILES string of the molecule is CCOC(=O)C1=C(C)N(c2cccc(C(F)(F)F)c2)C(=O)N(C)C1c1ccc(C#N)cc1C(=O)N1CC[C@H](N(C)C(C)=O)C1. The number of esters is 1. The molecular formula is C31H32F3N5O5. The number of hydrogen-bond acceptors (Lipinski definition) is 6. The Morgan fingerprint density at radius 3 is 2.48 bits per heavy atom. The smallest absolute Gasteiger partial charge is 0.416 e. The Morgan fingerprint density at radius 2 is 1.86 bits per heavy atom. The normalized spacial score (nSPS) is 18.8. The first-order valence-electron chi connectivity index (χ1n) is 13.9. The molecule has 0 saturated carbocycles. The molecule has 2 aromatic carbocycles. The zero-order valence-electron chi connectivity index (χ0n) is 24.9. The van der Waals surface area contributed by atoms with E-state index in [4.69, 9.17) is 4.74 Å². The third kappa shape index (κ3) is 5.97. The van der Waals surface area contributed by atoms with Crippen molar-refractivity contribution in [2.75, 3.05) is 38.7 Å². The van der Waals surface area contributed by atoms with Gasteiger partial charge in [-0.25, -0.2) is 9.59 Å². The fourth-order valence-corrected chi connectivity index (χ4v) is 5.60. The molecule has 10 nitrogen and oxygen atoms in total. The van der Waals surface area contributed by atoms with E-state index in [2.05, 4.69) is 0 Å². The molecule has 1 fully saturated rings. The van der Waals surface area contributed by atoms with Gasteiger partial charge in [-0.3, -0.25) is 14.5 Å². The number of halogens is 3. The summed E-state index contributed by atoms with van der Waals surface area (Å²) in [5, 5.41) is 9.62. The van der Waals surface area contributed by atoms with E-state index in [0.29, 0.717) is 13.0 Å². The van der Waals surface area contributed by atoms with Crippen LogP contribution in [0.3, 0.4) is 0 Å². The van der Waals surface area contributed by atoms with Crippen LogP contribution in [-0.4, -0.2) is 78.3 Å². The van der Waals surface area contributed by atoms with Crippen LogP contribution in [0.15, 0.2) is 53.7 Å². The van der Waals surface area contributed by atoms with Gasteiger partial charge in [-0.1, -0.05) is 12.1 Å². The van der Waals surface area contributed by atoms with Crippen molar-refractivity contribution in [1.29, 1.82) is 5.26 Å². The average molecular weight is 612 g/mol. The predicted octanol–water partition coefficient (Wildman–Crippen LogP) is 4.72. The summed E-state index contributed by atoms with van der Waals surface area (Å²) in [6.07, 6.45) is -4.13. The summed E-state index contributed by atoms with van der Waals surface area (Å²) in [5.41, 5.74) is -0.631. The highest BCUT2D eigenvalue weighted by atomic mass is 19.4. The van der Waals surface area contributed by atoms with Crippen molar-refractivity contribution in [2.24, 2.45) is 0 Å². The van der Waals surface area contributed by atoms with Gasteiger partial charge < -0.3 is 19.4 Å². The van der Waals surface area contributed by atoms with Gasteiger partial charge in [0.15, 0.2) is 0 Å². The maximum absolute atomic E-state index is 14.0.